The number of thiazole rings is 1. The van der Waals surface area contributed by atoms with Crippen molar-refractivity contribution in [3.63, 3.8) is 0 Å². The van der Waals surface area contributed by atoms with Crippen LogP contribution >= 0.6 is 35.1 Å². The lowest BCUT2D eigenvalue weighted by Gasteiger charge is -2.34. The van der Waals surface area contributed by atoms with Crippen molar-refractivity contribution in [2.24, 2.45) is 0 Å². The molecule has 1 saturated heterocycles. The standard InChI is InChI=1S/C19H18FN3OS2.ClH/c20-15-5-2-1-4-14(15)19(24)23-9-7-22(8-10-23)12-18-21-16(13-26-18)17-6-3-11-25-17;/h1-6,11,13H,7-10,12H2;1H. The lowest BCUT2D eigenvalue weighted by Crippen LogP contribution is -2.48. The van der Waals surface area contributed by atoms with Gasteiger partial charge in [0.15, 0.2) is 0 Å². The van der Waals surface area contributed by atoms with Gasteiger partial charge in [-0.1, -0.05) is 18.2 Å². The molecule has 0 spiro atoms. The monoisotopic (exact) mass is 423 g/mol. The van der Waals surface area contributed by atoms with Crippen molar-refractivity contribution in [2.45, 2.75) is 6.54 Å². The second kappa shape index (κ2) is 8.93. The predicted molar refractivity (Wildman–Crippen MR) is 110 cm³/mol. The average molecular weight is 424 g/mol. The van der Waals surface area contributed by atoms with Crippen LogP contribution in [0.1, 0.15) is 15.4 Å². The van der Waals surface area contributed by atoms with Crippen molar-refractivity contribution in [2.75, 3.05) is 26.2 Å². The van der Waals surface area contributed by atoms with Crippen LogP contribution in [0.15, 0.2) is 47.2 Å². The maximum atomic E-state index is 13.8. The SMILES string of the molecule is Cl.O=C(c1ccccc1F)N1CCN(Cc2nc(-c3cccs3)cs2)CC1. The van der Waals surface area contributed by atoms with Crippen LogP contribution < -0.4 is 0 Å². The summed E-state index contributed by atoms with van der Waals surface area (Å²) in [6.45, 7) is 3.55. The number of halogens is 2. The lowest BCUT2D eigenvalue weighted by atomic mass is 10.1. The van der Waals surface area contributed by atoms with Crippen molar-refractivity contribution >= 4 is 41.0 Å². The van der Waals surface area contributed by atoms with Gasteiger partial charge in [-0.2, -0.15) is 0 Å². The molecule has 4 rings (SSSR count). The van der Waals surface area contributed by atoms with E-state index in [-0.39, 0.29) is 23.9 Å². The summed E-state index contributed by atoms with van der Waals surface area (Å²) in [6.07, 6.45) is 0. The van der Waals surface area contributed by atoms with Crippen LogP contribution in [-0.4, -0.2) is 46.9 Å². The minimum atomic E-state index is -0.455. The molecular formula is C19H19ClFN3OS2. The first-order valence-electron chi connectivity index (χ1n) is 8.45. The second-order valence-electron chi connectivity index (χ2n) is 6.15. The van der Waals surface area contributed by atoms with Crippen LogP contribution in [0.5, 0.6) is 0 Å². The molecule has 0 bridgehead atoms. The first kappa shape index (κ1) is 19.9. The number of amides is 1. The highest BCUT2D eigenvalue weighted by Crippen LogP contribution is 2.26. The lowest BCUT2D eigenvalue weighted by molar-refractivity contribution is 0.0624. The van der Waals surface area contributed by atoms with E-state index in [1.165, 1.54) is 10.9 Å². The number of piperazine rings is 1. The molecule has 0 atom stereocenters. The second-order valence-corrected chi connectivity index (χ2v) is 8.04. The van der Waals surface area contributed by atoms with E-state index in [0.29, 0.717) is 13.1 Å². The number of carbonyl (C=O) groups excluding carboxylic acids is 1. The van der Waals surface area contributed by atoms with E-state index in [9.17, 15) is 9.18 Å². The Morgan fingerprint density at radius 1 is 1.07 bits per heavy atom. The summed E-state index contributed by atoms with van der Waals surface area (Å²) in [4.78, 5) is 22.4. The maximum absolute atomic E-state index is 13.8. The van der Waals surface area contributed by atoms with Gasteiger partial charge in [0.1, 0.15) is 10.8 Å². The van der Waals surface area contributed by atoms with Gasteiger partial charge in [0.05, 0.1) is 22.7 Å². The zero-order valence-corrected chi connectivity index (χ0v) is 17.0. The minimum Gasteiger partial charge on any atom is -0.336 e. The third-order valence-electron chi connectivity index (χ3n) is 4.45. The molecule has 3 heterocycles. The van der Waals surface area contributed by atoms with E-state index in [1.807, 2.05) is 6.07 Å². The third-order valence-corrected chi connectivity index (χ3v) is 6.17. The fourth-order valence-electron chi connectivity index (χ4n) is 3.03. The van der Waals surface area contributed by atoms with Crippen LogP contribution in [0.3, 0.4) is 0 Å². The minimum absolute atomic E-state index is 0. The summed E-state index contributed by atoms with van der Waals surface area (Å²) in [5.41, 5.74) is 1.19. The normalized spacial score (nSPS) is 14.8. The first-order chi connectivity index (χ1) is 12.7. The van der Waals surface area contributed by atoms with E-state index in [4.69, 9.17) is 4.98 Å². The van der Waals surface area contributed by atoms with Gasteiger partial charge in [0, 0.05) is 31.6 Å². The molecule has 3 aromatic rings. The molecule has 0 aliphatic carbocycles. The maximum Gasteiger partial charge on any atom is 0.256 e. The Hall–Kier alpha value is -1.80. The quantitative estimate of drug-likeness (QED) is 0.624. The zero-order valence-electron chi connectivity index (χ0n) is 14.5. The Labute approximate surface area is 171 Å². The number of carbonyl (C=O) groups is 1. The van der Waals surface area contributed by atoms with Gasteiger partial charge in [-0.15, -0.1) is 35.1 Å². The van der Waals surface area contributed by atoms with E-state index in [1.54, 1.807) is 45.8 Å². The summed E-state index contributed by atoms with van der Waals surface area (Å²) in [5.74, 6) is -0.680. The van der Waals surface area contributed by atoms with Crippen LogP contribution in [0.25, 0.3) is 10.6 Å². The van der Waals surface area contributed by atoms with E-state index in [2.05, 4.69) is 21.7 Å². The Morgan fingerprint density at radius 2 is 1.85 bits per heavy atom. The fourth-order valence-corrected chi connectivity index (χ4v) is 4.62. The van der Waals surface area contributed by atoms with Crippen molar-refractivity contribution < 1.29 is 9.18 Å². The van der Waals surface area contributed by atoms with Crippen molar-refractivity contribution in [1.82, 2.24) is 14.8 Å². The predicted octanol–water partition coefficient (Wildman–Crippen LogP) is 4.39. The zero-order chi connectivity index (χ0) is 17.9. The largest absolute Gasteiger partial charge is 0.336 e. The molecule has 0 saturated carbocycles. The molecule has 8 heteroatoms. The average Bonchev–Trinajstić information content (AvgIpc) is 3.34. The van der Waals surface area contributed by atoms with Gasteiger partial charge < -0.3 is 4.90 Å². The molecule has 2 aromatic heterocycles. The van der Waals surface area contributed by atoms with Crippen LogP contribution in [-0.2, 0) is 6.54 Å². The molecule has 0 unspecified atom stereocenters. The number of benzene rings is 1. The molecule has 0 radical (unpaired) electrons. The number of hydrogen-bond donors (Lipinski definition) is 0. The van der Waals surface area contributed by atoms with Crippen molar-refractivity contribution in [1.29, 1.82) is 0 Å². The summed E-state index contributed by atoms with van der Waals surface area (Å²) < 4.78 is 13.8. The van der Waals surface area contributed by atoms with Crippen molar-refractivity contribution in [3.05, 3.63) is 63.5 Å². The van der Waals surface area contributed by atoms with Gasteiger partial charge in [0.25, 0.3) is 5.91 Å². The highest BCUT2D eigenvalue weighted by molar-refractivity contribution is 7.14. The van der Waals surface area contributed by atoms with Gasteiger partial charge in [-0.25, -0.2) is 9.37 Å². The Bertz CT molecular complexity index is 892. The molecule has 1 fully saturated rings. The highest BCUT2D eigenvalue weighted by Gasteiger charge is 2.24. The van der Waals surface area contributed by atoms with Crippen LogP contribution in [0.4, 0.5) is 4.39 Å². The van der Waals surface area contributed by atoms with E-state index >= 15 is 0 Å². The van der Waals surface area contributed by atoms with Gasteiger partial charge in [-0.3, -0.25) is 9.69 Å². The summed E-state index contributed by atoms with van der Waals surface area (Å²) in [5, 5.41) is 5.24. The highest BCUT2D eigenvalue weighted by atomic mass is 35.5. The van der Waals surface area contributed by atoms with E-state index < -0.39 is 5.82 Å². The van der Waals surface area contributed by atoms with Crippen molar-refractivity contribution in [3.8, 4) is 10.6 Å². The Kier molecular flexibility index (Phi) is 6.59. The van der Waals surface area contributed by atoms with Crippen LogP contribution in [0.2, 0.25) is 0 Å². The fraction of sp³-hybridized carbons (Fsp3) is 0.263. The third kappa shape index (κ3) is 4.55. The summed E-state index contributed by atoms with van der Waals surface area (Å²) >= 11 is 3.36. The van der Waals surface area contributed by atoms with Gasteiger partial charge >= 0.3 is 0 Å². The molecule has 1 aliphatic heterocycles. The summed E-state index contributed by atoms with van der Waals surface area (Å²) in [6, 6.07) is 10.3. The molecule has 4 nitrogen and oxygen atoms in total. The number of thiophene rings is 1. The number of aromatic nitrogens is 1. The molecule has 1 aromatic carbocycles. The molecule has 1 aliphatic rings. The molecule has 142 valence electrons. The Balaban J connectivity index is 0.00000210. The molecular weight excluding hydrogens is 405 g/mol. The van der Waals surface area contributed by atoms with E-state index in [0.717, 1.165) is 30.3 Å². The first-order valence-corrected chi connectivity index (χ1v) is 10.2. The number of rotatable bonds is 4. The van der Waals surface area contributed by atoms with Gasteiger partial charge in [0.2, 0.25) is 0 Å². The molecule has 0 N–H and O–H groups in total. The smallest absolute Gasteiger partial charge is 0.256 e. The Morgan fingerprint density at radius 3 is 2.56 bits per heavy atom. The topological polar surface area (TPSA) is 36.4 Å². The number of hydrogen-bond acceptors (Lipinski definition) is 5. The summed E-state index contributed by atoms with van der Waals surface area (Å²) in [7, 11) is 0. The van der Waals surface area contributed by atoms with Crippen LogP contribution in [0, 0.1) is 5.82 Å². The number of nitrogens with zero attached hydrogens (tertiary/aromatic N) is 3. The van der Waals surface area contributed by atoms with Gasteiger partial charge in [-0.05, 0) is 23.6 Å². The molecule has 27 heavy (non-hydrogen) atoms. The molecule has 1 amide bonds.